The Bertz CT molecular complexity index is 238. The maximum Gasteiger partial charge on any atom is 0.115 e. The van der Waals surface area contributed by atoms with E-state index in [9.17, 15) is 0 Å². The molecule has 0 fully saturated rings. The van der Waals surface area contributed by atoms with E-state index in [0.717, 1.165) is 0 Å². The van der Waals surface area contributed by atoms with Crippen LogP contribution in [0.3, 0.4) is 0 Å². The smallest absolute Gasteiger partial charge is 0.115 e. The van der Waals surface area contributed by atoms with E-state index in [4.69, 9.17) is 5.11 Å². The molecule has 0 radical (unpaired) electrons. The van der Waals surface area contributed by atoms with Crippen molar-refractivity contribution < 1.29 is 5.11 Å². The summed E-state index contributed by atoms with van der Waals surface area (Å²) in [5.74, 6) is 1.01. The lowest BCUT2D eigenvalue weighted by Gasteiger charge is -2.13. The maximum absolute atomic E-state index is 9.14. The van der Waals surface area contributed by atoms with Gasteiger partial charge in [0.2, 0.25) is 0 Å². The molecule has 0 aliphatic heterocycles. The second-order valence-electron chi connectivity index (χ2n) is 3.49. The largest absolute Gasteiger partial charge is 0.508 e. The molecule has 0 amide bonds. The number of aromatic hydroxyl groups is 1. The van der Waals surface area contributed by atoms with E-state index in [0.29, 0.717) is 11.7 Å². The summed E-state index contributed by atoms with van der Waals surface area (Å²) in [6, 6.07) is 7.60. The second kappa shape index (κ2) is 6.47. The Kier molecular flexibility index (Phi) is 6.02. The van der Waals surface area contributed by atoms with Crippen molar-refractivity contribution in [3.63, 3.8) is 0 Å². The topological polar surface area (TPSA) is 20.2 Å². The van der Waals surface area contributed by atoms with E-state index in [1.54, 1.807) is 12.1 Å². The molecule has 1 unspecified atom stereocenters. The first-order chi connectivity index (χ1) is 6.27. The van der Waals surface area contributed by atoms with Crippen molar-refractivity contribution in [1.29, 1.82) is 0 Å². The lowest BCUT2D eigenvalue weighted by Crippen LogP contribution is -1.95. The number of rotatable bonds is 4. The summed E-state index contributed by atoms with van der Waals surface area (Å²) in [6.45, 7) is 4.43. The average molecular weight is 194 g/mol. The predicted molar refractivity (Wildman–Crippen MR) is 62.8 cm³/mol. The molecule has 1 atom stereocenters. The SMILES string of the molecule is C.CCCC(CC)c1ccc(O)cc1. The van der Waals surface area contributed by atoms with E-state index >= 15 is 0 Å². The predicted octanol–water partition coefficient (Wildman–Crippen LogP) is 4.32. The molecular formula is C13H22O. The van der Waals surface area contributed by atoms with Crippen LogP contribution >= 0.6 is 0 Å². The highest BCUT2D eigenvalue weighted by atomic mass is 16.3. The van der Waals surface area contributed by atoms with Crippen LogP contribution in [0, 0.1) is 0 Å². The summed E-state index contributed by atoms with van der Waals surface area (Å²) in [6.07, 6.45) is 3.64. The first kappa shape index (κ1) is 13.0. The summed E-state index contributed by atoms with van der Waals surface area (Å²) in [5, 5.41) is 9.14. The van der Waals surface area contributed by atoms with Crippen LogP contribution in [0.2, 0.25) is 0 Å². The van der Waals surface area contributed by atoms with Gasteiger partial charge in [0.25, 0.3) is 0 Å². The van der Waals surface area contributed by atoms with Gasteiger partial charge < -0.3 is 5.11 Å². The molecule has 1 rings (SSSR count). The molecule has 0 saturated heterocycles. The minimum atomic E-state index is 0. The van der Waals surface area contributed by atoms with Gasteiger partial charge in [-0.1, -0.05) is 39.8 Å². The van der Waals surface area contributed by atoms with Crippen molar-refractivity contribution in [3.8, 4) is 5.75 Å². The third kappa shape index (κ3) is 3.41. The van der Waals surface area contributed by atoms with Crippen LogP contribution in [0.4, 0.5) is 0 Å². The molecular weight excluding hydrogens is 172 g/mol. The van der Waals surface area contributed by atoms with Gasteiger partial charge in [-0.05, 0) is 36.5 Å². The van der Waals surface area contributed by atoms with Crippen molar-refractivity contribution in [3.05, 3.63) is 29.8 Å². The van der Waals surface area contributed by atoms with Crippen molar-refractivity contribution in [2.45, 2.75) is 46.5 Å². The summed E-state index contributed by atoms with van der Waals surface area (Å²) >= 11 is 0. The molecule has 0 saturated carbocycles. The fourth-order valence-corrected chi connectivity index (χ4v) is 1.70. The molecule has 0 spiro atoms. The van der Waals surface area contributed by atoms with Gasteiger partial charge in [-0.3, -0.25) is 0 Å². The van der Waals surface area contributed by atoms with Crippen molar-refractivity contribution in [1.82, 2.24) is 0 Å². The number of benzene rings is 1. The Morgan fingerprint density at radius 1 is 1.14 bits per heavy atom. The van der Waals surface area contributed by atoms with E-state index in [1.807, 2.05) is 12.1 Å². The van der Waals surface area contributed by atoms with E-state index in [-0.39, 0.29) is 7.43 Å². The van der Waals surface area contributed by atoms with Crippen LogP contribution in [0.15, 0.2) is 24.3 Å². The van der Waals surface area contributed by atoms with E-state index in [1.165, 1.54) is 24.8 Å². The van der Waals surface area contributed by atoms with E-state index < -0.39 is 0 Å². The van der Waals surface area contributed by atoms with Gasteiger partial charge in [0.05, 0.1) is 0 Å². The van der Waals surface area contributed by atoms with Crippen LogP contribution < -0.4 is 0 Å². The van der Waals surface area contributed by atoms with Crippen LogP contribution in [0.25, 0.3) is 0 Å². The van der Waals surface area contributed by atoms with Gasteiger partial charge in [-0.25, -0.2) is 0 Å². The van der Waals surface area contributed by atoms with Crippen molar-refractivity contribution in [2.75, 3.05) is 0 Å². The quantitative estimate of drug-likeness (QED) is 0.756. The summed E-state index contributed by atoms with van der Waals surface area (Å²) < 4.78 is 0. The lowest BCUT2D eigenvalue weighted by atomic mass is 9.92. The molecule has 1 N–H and O–H groups in total. The summed E-state index contributed by atoms with van der Waals surface area (Å²) in [4.78, 5) is 0. The van der Waals surface area contributed by atoms with Crippen LogP contribution in [-0.4, -0.2) is 5.11 Å². The fourth-order valence-electron chi connectivity index (χ4n) is 1.70. The van der Waals surface area contributed by atoms with E-state index in [2.05, 4.69) is 13.8 Å². The van der Waals surface area contributed by atoms with Crippen LogP contribution in [0.1, 0.15) is 52.0 Å². The highest BCUT2D eigenvalue weighted by Crippen LogP contribution is 2.25. The number of hydrogen-bond donors (Lipinski definition) is 1. The van der Waals surface area contributed by atoms with Gasteiger partial charge >= 0.3 is 0 Å². The molecule has 14 heavy (non-hydrogen) atoms. The number of hydrogen-bond acceptors (Lipinski definition) is 1. The highest BCUT2D eigenvalue weighted by molar-refractivity contribution is 5.28. The number of phenolic OH excluding ortho intramolecular Hbond substituents is 1. The fraction of sp³-hybridized carbons (Fsp3) is 0.538. The standard InChI is InChI=1S/C12H18O.CH4/c1-3-5-10(4-2)11-6-8-12(13)9-7-11;/h6-10,13H,3-5H2,1-2H3;1H4. The molecule has 1 aromatic rings. The Balaban J connectivity index is 0.00000169. The zero-order chi connectivity index (χ0) is 9.68. The molecule has 1 aromatic carbocycles. The zero-order valence-corrected chi connectivity index (χ0v) is 8.46. The molecule has 0 heterocycles. The lowest BCUT2D eigenvalue weighted by molar-refractivity contribution is 0.474. The molecule has 0 aliphatic carbocycles. The second-order valence-corrected chi connectivity index (χ2v) is 3.49. The van der Waals surface area contributed by atoms with Gasteiger partial charge in [0.1, 0.15) is 5.75 Å². The van der Waals surface area contributed by atoms with Gasteiger partial charge in [-0.15, -0.1) is 0 Å². The molecule has 1 heteroatoms. The van der Waals surface area contributed by atoms with Crippen LogP contribution in [0.5, 0.6) is 5.75 Å². The van der Waals surface area contributed by atoms with Crippen LogP contribution in [-0.2, 0) is 0 Å². The van der Waals surface area contributed by atoms with Gasteiger partial charge in [-0.2, -0.15) is 0 Å². The monoisotopic (exact) mass is 194 g/mol. The third-order valence-electron chi connectivity index (χ3n) is 2.49. The number of phenols is 1. The van der Waals surface area contributed by atoms with Gasteiger partial charge in [0, 0.05) is 0 Å². The first-order valence-electron chi connectivity index (χ1n) is 5.06. The zero-order valence-electron chi connectivity index (χ0n) is 8.46. The maximum atomic E-state index is 9.14. The molecule has 0 aromatic heterocycles. The average Bonchev–Trinajstić information content (AvgIpc) is 2.16. The Morgan fingerprint density at radius 2 is 1.71 bits per heavy atom. The Morgan fingerprint density at radius 3 is 2.14 bits per heavy atom. The third-order valence-corrected chi connectivity index (χ3v) is 2.49. The minimum absolute atomic E-state index is 0. The van der Waals surface area contributed by atoms with Gasteiger partial charge in [0.15, 0.2) is 0 Å². The first-order valence-corrected chi connectivity index (χ1v) is 5.06. The molecule has 0 aliphatic rings. The molecule has 0 bridgehead atoms. The molecule has 1 nitrogen and oxygen atoms in total. The Hall–Kier alpha value is -0.980. The molecule has 80 valence electrons. The Labute approximate surface area is 87.8 Å². The minimum Gasteiger partial charge on any atom is -0.508 e. The highest BCUT2D eigenvalue weighted by Gasteiger charge is 2.07. The summed E-state index contributed by atoms with van der Waals surface area (Å²) in [5.41, 5.74) is 1.35. The summed E-state index contributed by atoms with van der Waals surface area (Å²) in [7, 11) is 0. The van der Waals surface area contributed by atoms with Crippen molar-refractivity contribution in [2.24, 2.45) is 0 Å². The normalized spacial score (nSPS) is 11.9. The van der Waals surface area contributed by atoms with Crippen molar-refractivity contribution >= 4 is 0 Å².